The van der Waals surface area contributed by atoms with Gasteiger partial charge in [0, 0.05) is 6.07 Å². The third kappa shape index (κ3) is 3.74. The molecule has 104 valence electrons. The average molecular weight is 266 g/mol. The van der Waals surface area contributed by atoms with E-state index in [1.807, 2.05) is 0 Å². The van der Waals surface area contributed by atoms with Crippen molar-refractivity contribution in [2.45, 2.75) is 45.6 Å². The van der Waals surface area contributed by atoms with Gasteiger partial charge in [0.25, 0.3) is 5.69 Å². The van der Waals surface area contributed by atoms with Crippen LogP contribution in [-0.4, -0.2) is 21.5 Å². The molecule has 6 nitrogen and oxygen atoms in total. The third-order valence-electron chi connectivity index (χ3n) is 2.51. The van der Waals surface area contributed by atoms with E-state index in [-0.39, 0.29) is 5.69 Å². The predicted molar refractivity (Wildman–Crippen MR) is 69.8 cm³/mol. The lowest BCUT2D eigenvalue weighted by atomic mass is 9.88. The third-order valence-corrected chi connectivity index (χ3v) is 2.51. The fourth-order valence-corrected chi connectivity index (χ4v) is 1.37. The van der Waals surface area contributed by atoms with Gasteiger partial charge < -0.3 is 4.74 Å². The first kappa shape index (κ1) is 15.1. The number of nitro groups is 1. The van der Waals surface area contributed by atoms with Gasteiger partial charge in [0.15, 0.2) is 0 Å². The maximum atomic E-state index is 12.1. The molecule has 0 N–H and O–H groups in total. The summed E-state index contributed by atoms with van der Waals surface area (Å²) in [6.45, 7) is 8.70. The molecule has 0 bridgehead atoms. The van der Waals surface area contributed by atoms with Crippen molar-refractivity contribution in [1.29, 1.82) is 0 Å². The molecule has 0 unspecified atom stereocenters. The molecule has 0 aliphatic heterocycles. The first-order valence-electron chi connectivity index (χ1n) is 5.88. The van der Waals surface area contributed by atoms with Crippen molar-refractivity contribution in [3.8, 4) is 0 Å². The smallest absolute Gasteiger partial charge is 0.318 e. The van der Waals surface area contributed by atoms with E-state index >= 15 is 0 Å². The van der Waals surface area contributed by atoms with Crippen molar-refractivity contribution in [2.24, 2.45) is 0 Å². The summed E-state index contributed by atoms with van der Waals surface area (Å²) in [6.07, 6.45) is 1.14. The van der Waals surface area contributed by atoms with Crippen LogP contribution in [0.3, 0.4) is 0 Å². The second-order valence-electron chi connectivity index (χ2n) is 5.79. The van der Waals surface area contributed by atoms with Gasteiger partial charge in [-0.25, -0.2) is 0 Å². The molecule has 0 saturated carbocycles. The molecule has 0 spiro atoms. The van der Waals surface area contributed by atoms with Gasteiger partial charge in [-0.3, -0.25) is 19.9 Å². The Balaban J connectivity index is 2.99. The van der Waals surface area contributed by atoms with Crippen LogP contribution in [-0.2, 0) is 14.9 Å². The highest BCUT2D eigenvalue weighted by atomic mass is 16.6. The van der Waals surface area contributed by atoms with Gasteiger partial charge in [0.05, 0.1) is 10.6 Å². The molecule has 0 fully saturated rings. The Labute approximate surface area is 111 Å². The van der Waals surface area contributed by atoms with E-state index in [4.69, 9.17) is 4.74 Å². The molecule has 1 aromatic rings. The molecule has 0 saturated heterocycles. The summed E-state index contributed by atoms with van der Waals surface area (Å²) in [5.41, 5.74) is -1.21. The molecule has 1 rings (SSSR count). The van der Waals surface area contributed by atoms with Crippen LogP contribution in [0.4, 0.5) is 5.69 Å². The van der Waals surface area contributed by atoms with E-state index < -0.39 is 21.9 Å². The lowest BCUT2D eigenvalue weighted by molar-refractivity contribution is -0.385. The Morgan fingerprint density at radius 1 is 1.26 bits per heavy atom. The van der Waals surface area contributed by atoms with Gasteiger partial charge in [-0.15, -0.1) is 0 Å². The molecule has 0 amide bonds. The summed E-state index contributed by atoms with van der Waals surface area (Å²) in [6, 6.07) is 2.80. The monoisotopic (exact) mass is 266 g/mol. The van der Waals surface area contributed by atoms with Crippen LogP contribution in [0.2, 0.25) is 0 Å². The number of hydrogen-bond donors (Lipinski definition) is 0. The Bertz CT molecular complexity index is 486. The summed E-state index contributed by atoms with van der Waals surface area (Å²) in [5, 5.41) is 10.6. The molecule has 0 aliphatic carbocycles. The van der Waals surface area contributed by atoms with Crippen molar-refractivity contribution >= 4 is 11.7 Å². The zero-order chi connectivity index (χ0) is 14.8. The number of carbonyl (C=O) groups is 1. The highest BCUT2D eigenvalue weighted by molar-refractivity contribution is 5.81. The van der Waals surface area contributed by atoms with Crippen LogP contribution in [0.25, 0.3) is 0 Å². The lowest BCUT2D eigenvalue weighted by Gasteiger charge is -2.27. The number of ether oxygens (including phenoxy) is 1. The predicted octanol–water partition coefficient (Wildman–Crippen LogP) is 2.61. The second-order valence-corrected chi connectivity index (χ2v) is 5.79. The zero-order valence-electron chi connectivity index (χ0n) is 11.8. The van der Waals surface area contributed by atoms with Crippen molar-refractivity contribution < 1.29 is 14.5 Å². The molecule has 6 heteroatoms. The molecule has 1 heterocycles. The molecule has 0 radical (unpaired) electrons. The number of nitrogens with zero attached hydrogens (tertiary/aromatic N) is 2. The van der Waals surface area contributed by atoms with E-state index in [1.165, 1.54) is 12.1 Å². The first-order chi connectivity index (χ1) is 8.54. The summed E-state index contributed by atoms with van der Waals surface area (Å²) in [5.74, 6) is -0.415. The summed E-state index contributed by atoms with van der Waals surface area (Å²) >= 11 is 0. The number of pyridine rings is 1. The summed E-state index contributed by atoms with van der Waals surface area (Å²) in [4.78, 5) is 26.1. The fourth-order valence-electron chi connectivity index (χ4n) is 1.37. The Morgan fingerprint density at radius 2 is 1.84 bits per heavy atom. The van der Waals surface area contributed by atoms with Crippen molar-refractivity contribution in [1.82, 2.24) is 4.98 Å². The molecule has 0 aliphatic rings. The van der Waals surface area contributed by atoms with Crippen molar-refractivity contribution in [3.05, 3.63) is 34.1 Å². The van der Waals surface area contributed by atoms with Crippen molar-refractivity contribution in [2.75, 3.05) is 0 Å². The van der Waals surface area contributed by atoms with Crippen LogP contribution in [0, 0.1) is 10.1 Å². The molecular formula is C13H18N2O4. The highest BCUT2D eigenvalue weighted by Gasteiger charge is 2.35. The van der Waals surface area contributed by atoms with Crippen LogP contribution in [0.15, 0.2) is 18.3 Å². The number of carbonyl (C=O) groups excluding carboxylic acids is 1. The Morgan fingerprint density at radius 3 is 2.21 bits per heavy atom. The molecule has 19 heavy (non-hydrogen) atoms. The summed E-state index contributed by atoms with van der Waals surface area (Å²) < 4.78 is 5.32. The fraction of sp³-hybridized carbons (Fsp3) is 0.538. The zero-order valence-corrected chi connectivity index (χ0v) is 11.8. The number of esters is 1. The maximum Gasteiger partial charge on any atom is 0.318 e. The molecule has 0 atom stereocenters. The van der Waals surface area contributed by atoms with E-state index in [9.17, 15) is 14.9 Å². The van der Waals surface area contributed by atoms with E-state index in [0.29, 0.717) is 5.69 Å². The first-order valence-corrected chi connectivity index (χ1v) is 5.88. The van der Waals surface area contributed by atoms with Crippen LogP contribution in [0.1, 0.15) is 40.3 Å². The maximum absolute atomic E-state index is 12.1. The summed E-state index contributed by atoms with van der Waals surface area (Å²) in [7, 11) is 0. The minimum atomic E-state index is -0.956. The van der Waals surface area contributed by atoms with Gasteiger partial charge in [-0.1, -0.05) is 0 Å². The van der Waals surface area contributed by atoms with E-state index in [2.05, 4.69) is 4.98 Å². The number of rotatable bonds is 3. The Hall–Kier alpha value is -1.98. The van der Waals surface area contributed by atoms with Crippen LogP contribution < -0.4 is 0 Å². The SMILES string of the molecule is CC(C)(C)OC(=O)C(C)(C)c1ccc([N+](=O)[O-])cn1. The second kappa shape index (κ2) is 4.95. The molecule has 1 aromatic heterocycles. The largest absolute Gasteiger partial charge is 0.459 e. The van der Waals surface area contributed by atoms with E-state index in [1.54, 1.807) is 34.6 Å². The quantitative estimate of drug-likeness (QED) is 0.477. The van der Waals surface area contributed by atoms with Gasteiger partial charge in [-0.05, 0) is 40.7 Å². The normalized spacial score (nSPS) is 12.1. The Kier molecular flexibility index (Phi) is 3.93. The topological polar surface area (TPSA) is 82.3 Å². The van der Waals surface area contributed by atoms with Gasteiger partial charge in [0.2, 0.25) is 0 Å². The van der Waals surface area contributed by atoms with Crippen LogP contribution in [0.5, 0.6) is 0 Å². The standard InChI is InChI=1S/C13H18N2O4/c1-12(2,3)19-11(16)13(4,5)10-7-6-9(8-14-10)15(17)18/h6-8H,1-5H3. The number of aromatic nitrogens is 1. The minimum absolute atomic E-state index is 0.108. The minimum Gasteiger partial charge on any atom is -0.459 e. The van der Waals surface area contributed by atoms with Crippen LogP contribution >= 0.6 is 0 Å². The van der Waals surface area contributed by atoms with Gasteiger partial charge in [-0.2, -0.15) is 0 Å². The van der Waals surface area contributed by atoms with E-state index in [0.717, 1.165) is 6.20 Å². The van der Waals surface area contributed by atoms with Gasteiger partial charge >= 0.3 is 5.97 Å². The van der Waals surface area contributed by atoms with Gasteiger partial charge in [0.1, 0.15) is 17.2 Å². The molecular weight excluding hydrogens is 248 g/mol. The highest BCUT2D eigenvalue weighted by Crippen LogP contribution is 2.26. The lowest BCUT2D eigenvalue weighted by Crippen LogP contribution is -2.37. The molecule has 0 aromatic carbocycles. The number of hydrogen-bond acceptors (Lipinski definition) is 5. The van der Waals surface area contributed by atoms with Crippen molar-refractivity contribution in [3.63, 3.8) is 0 Å². The average Bonchev–Trinajstić information content (AvgIpc) is 2.26.